The second kappa shape index (κ2) is 18.6. The molecular weight excluding hydrogens is 384 g/mol. The summed E-state index contributed by atoms with van der Waals surface area (Å²) in [5.74, 6) is -0.275. The van der Waals surface area contributed by atoms with Crippen LogP contribution in [0.1, 0.15) is 10.4 Å². The Labute approximate surface area is 171 Å². The Hall–Kier alpha value is -1.43. The summed E-state index contributed by atoms with van der Waals surface area (Å²) in [6, 6.07) is 8.77. The van der Waals surface area contributed by atoms with Crippen LogP contribution >= 0.6 is 0 Å². The summed E-state index contributed by atoms with van der Waals surface area (Å²) in [5.41, 5.74) is 0.495. The van der Waals surface area contributed by atoms with Gasteiger partial charge in [0.25, 0.3) is 0 Å². The van der Waals surface area contributed by atoms with Crippen molar-refractivity contribution in [2.75, 3.05) is 79.3 Å². The van der Waals surface area contributed by atoms with Crippen LogP contribution in [0, 0.1) is 0 Å². The molecule has 9 heteroatoms. The minimum Gasteiger partial charge on any atom is -0.394 e. The minimum absolute atomic E-state index is 0.0247. The molecule has 0 fully saturated rings. The third-order valence-corrected chi connectivity index (χ3v) is 3.48. The van der Waals surface area contributed by atoms with Crippen molar-refractivity contribution in [3.05, 3.63) is 35.9 Å². The molecule has 0 unspecified atom stereocenters. The predicted octanol–water partition coefficient (Wildman–Crippen LogP) is 0.280. The van der Waals surface area contributed by atoms with Crippen molar-refractivity contribution in [3.8, 4) is 0 Å². The zero-order valence-electron chi connectivity index (χ0n) is 16.7. The van der Waals surface area contributed by atoms with E-state index in [1.54, 1.807) is 24.3 Å². The molecule has 0 bridgehead atoms. The highest BCUT2D eigenvalue weighted by Gasteiger charge is 2.21. The molecule has 0 aromatic heterocycles. The van der Waals surface area contributed by atoms with Crippen LogP contribution in [0.3, 0.4) is 0 Å². The third kappa shape index (κ3) is 13.4. The van der Waals surface area contributed by atoms with Gasteiger partial charge in [-0.2, -0.15) is 0 Å². The maximum absolute atomic E-state index is 12.6. The number of ketones is 1. The first-order chi connectivity index (χ1) is 14.3. The van der Waals surface area contributed by atoms with Gasteiger partial charge in [-0.1, -0.05) is 30.3 Å². The first kappa shape index (κ1) is 25.6. The van der Waals surface area contributed by atoms with E-state index >= 15 is 0 Å². The lowest BCUT2D eigenvalue weighted by atomic mass is 10.1. The van der Waals surface area contributed by atoms with Gasteiger partial charge in [0, 0.05) is 5.56 Å². The van der Waals surface area contributed by atoms with Crippen molar-refractivity contribution in [1.82, 2.24) is 0 Å². The van der Waals surface area contributed by atoms with Crippen LogP contribution in [-0.4, -0.2) is 102 Å². The summed E-state index contributed by atoms with van der Waals surface area (Å²) in [6.07, 6.45) is -1.05. The molecule has 0 saturated heterocycles. The van der Waals surface area contributed by atoms with Gasteiger partial charge in [-0.05, 0) is 0 Å². The molecule has 0 aliphatic rings. The number of hydrogen-bond acceptors (Lipinski definition) is 9. The van der Waals surface area contributed by atoms with Crippen molar-refractivity contribution >= 4 is 5.78 Å². The molecule has 0 saturated carbocycles. The molecule has 29 heavy (non-hydrogen) atoms. The number of hydrogen-bond donors (Lipinski definition) is 2. The van der Waals surface area contributed by atoms with Crippen molar-refractivity contribution in [2.45, 2.75) is 6.29 Å². The molecule has 0 aliphatic heterocycles. The summed E-state index contributed by atoms with van der Waals surface area (Å²) in [6.45, 7) is 2.91. The van der Waals surface area contributed by atoms with Gasteiger partial charge in [0.05, 0.1) is 79.3 Å². The normalized spacial score (nSPS) is 11.3. The maximum Gasteiger partial charge on any atom is 0.222 e. The standard InChI is InChI=1S/C20H32O9/c21-6-8-24-10-12-26-14-16-28-20(19(23)18-4-2-1-3-5-18)29-17-15-27-13-11-25-9-7-22/h1-5,20-22H,6-17H2. The van der Waals surface area contributed by atoms with Crippen LogP contribution < -0.4 is 0 Å². The van der Waals surface area contributed by atoms with E-state index in [0.29, 0.717) is 32.0 Å². The number of ether oxygens (including phenoxy) is 6. The highest BCUT2D eigenvalue weighted by atomic mass is 16.7. The van der Waals surface area contributed by atoms with E-state index in [1.165, 1.54) is 0 Å². The predicted molar refractivity (Wildman–Crippen MR) is 104 cm³/mol. The van der Waals surface area contributed by atoms with E-state index in [-0.39, 0.29) is 58.6 Å². The molecule has 1 aromatic carbocycles. The summed E-state index contributed by atoms with van der Waals surface area (Å²) < 4.78 is 32.0. The number of carbonyl (C=O) groups is 1. The van der Waals surface area contributed by atoms with Crippen molar-refractivity contribution in [3.63, 3.8) is 0 Å². The van der Waals surface area contributed by atoms with Crippen LogP contribution in [-0.2, 0) is 28.4 Å². The molecule has 0 atom stereocenters. The molecule has 1 rings (SSSR count). The Kier molecular flexibility index (Phi) is 16.4. The van der Waals surface area contributed by atoms with Crippen molar-refractivity contribution in [1.29, 1.82) is 0 Å². The van der Waals surface area contributed by atoms with Gasteiger partial charge in [0.1, 0.15) is 0 Å². The van der Waals surface area contributed by atoms with E-state index in [9.17, 15) is 4.79 Å². The lowest BCUT2D eigenvalue weighted by Gasteiger charge is -2.18. The van der Waals surface area contributed by atoms with Crippen molar-refractivity contribution in [2.24, 2.45) is 0 Å². The molecule has 0 heterocycles. The summed E-state index contributed by atoms with van der Waals surface area (Å²) in [5, 5.41) is 17.2. The van der Waals surface area contributed by atoms with Crippen LogP contribution in [0.2, 0.25) is 0 Å². The Morgan fingerprint density at radius 2 is 1.07 bits per heavy atom. The van der Waals surface area contributed by atoms with E-state index in [4.69, 9.17) is 38.6 Å². The summed E-state index contributed by atoms with van der Waals surface area (Å²) in [7, 11) is 0. The number of benzene rings is 1. The first-order valence-corrected chi connectivity index (χ1v) is 9.64. The summed E-state index contributed by atoms with van der Waals surface area (Å²) in [4.78, 5) is 12.6. The van der Waals surface area contributed by atoms with E-state index in [1.807, 2.05) is 6.07 Å². The topological polar surface area (TPSA) is 113 Å². The van der Waals surface area contributed by atoms with Gasteiger partial charge in [-0.3, -0.25) is 4.79 Å². The molecule has 166 valence electrons. The average Bonchev–Trinajstić information content (AvgIpc) is 2.76. The molecule has 0 amide bonds. The Balaban J connectivity index is 2.29. The fraction of sp³-hybridized carbons (Fsp3) is 0.650. The Bertz CT molecular complexity index is 478. The van der Waals surface area contributed by atoms with E-state index in [0.717, 1.165) is 0 Å². The van der Waals surface area contributed by atoms with Crippen LogP contribution in [0.5, 0.6) is 0 Å². The largest absolute Gasteiger partial charge is 0.394 e. The maximum atomic E-state index is 12.6. The van der Waals surface area contributed by atoms with Gasteiger partial charge in [-0.25, -0.2) is 0 Å². The fourth-order valence-electron chi connectivity index (χ4n) is 2.14. The molecule has 0 radical (unpaired) electrons. The molecule has 1 aromatic rings. The van der Waals surface area contributed by atoms with Crippen LogP contribution in [0.4, 0.5) is 0 Å². The second-order valence-corrected chi connectivity index (χ2v) is 5.70. The smallest absolute Gasteiger partial charge is 0.222 e. The SMILES string of the molecule is O=C(c1ccccc1)C(OCCOCCOCCO)OCCOCCOCCO. The molecule has 9 nitrogen and oxygen atoms in total. The quantitative estimate of drug-likeness (QED) is 0.176. The molecule has 0 aliphatic carbocycles. The minimum atomic E-state index is -1.05. The zero-order chi connectivity index (χ0) is 21.0. The van der Waals surface area contributed by atoms with Gasteiger partial charge in [-0.15, -0.1) is 0 Å². The first-order valence-electron chi connectivity index (χ1n) is 9.64. The highest BCUT2D eigenvalue weighted by molar-refractivity contribution is 5.98. The number of aliphatic hydroxyl groups excluding tert-OH is 2. The number of rotatable bonds is 20. The van der Waals surface area contributed by atoms with Gasteiger partial charge in [0.15, 0.2) is 0 Å². The number of aliphatic hydroxyl groups is 2. The fourth-order valence-corrected chi connectivity index (χ4v) is 2.14. The number of Topliss-reactive ketones (excluding diaryl/α,β-unsaturated/α-hetero) is 1. The monoisotopic (exact) mass is 416 g/mol. The van der Waals surface area contributed by atoms with E-state index in [2.05, 4.69) is 0 Å². The van der Waals surface area contributed by atoms with Gasteiger partial charge < -0.3 is 38.6 Å². The second-order valence-electron chi connectivity index (χ2n) is 5.70. The van der Waals surface area contributed by atoms with E-state index < -0.39 is 6.29 Å². The van der Waals surface area contributed by atoms with Gasteiger partial charge >= 0.3 is 0 Å². The lowest BCUT2D eigenvalue weighted by Crippen LogP contribution is -2.30. The molecule has 2 N–H and O–H groups in total. The Morgan fingerprint density at radius 1 is 0.655 bits per heavy atom. The van der Waals surface area contributed by atoms with Gasteiger partial charge in [0.2, 0.25) is 12.1 Å². The van der Waals surface area contributed by atoms with Crippen LogP contribution in [0.25, 0.3) is 0 Å². The van der Waals surface area contributed by atoms with Crippen LogP contribution in [0.15, 0.2) is 30.3 Å². The van der Waals surface area contributed by atoms with Crippen molar-refractivity contribution < 1.29 is 43.4 Å². The number of carbonyl (C=O) groups excluding carboxylic acids is 1. The average molecular weight is 416 g/mol. The summed E-state index contributed by atoms with van der Waals surface area (Å²) >= 11 is 0. The highest BCUT2D eigenvalue weighted by Crippen LogP contribution is 2.08. The molecular formula is C20H32O9. The zero-order valence-corrected chi connectivity index (χ0v) is 16.7. The Morgan fingerprint density at radius 3 is 1.52 bits per heavy atom. The lowest BCUT2D eigenvalue weighted by molar-refractivity contribution is -0.133. The third-order valence-electron chi connectivity index (χ3n) is 3.48. The molecule has 0 spiro atoms.